The number of rotatable bonds is 5. The van der Waals surface area contributed by atoms with Crippen molar-refractivity contribution in [2.75, 3.05) is 18.5 Å². The number of likely N-dealkylation sites (tertiary alicyclic amines) is 1. The number of ether oxygens (including phenoxy) is 1. The lowest BCUT2D eigenvalue weighted by atomic mass is 10.0. The maximum atomic E-state index is 14.0. The Morgan fingerprint density at radius 3 is 2.81 bits per heavy atom. The number of benzene rings is 1. The summed E-state index contributed by atoms with van der Waals surface area (Å²) in [4.78, 5) is 59.2. The Balaban J connectivity index is 1.34. The fraction of sp³-hybridized carbons (Fsp3) is 0.419. The molecule has 4 heterocycles. The quantitative estimate of drug-likeness (QED) is 0.243. The van der Waals surface area contributed by atoms with Gasteiger partial charge in [0.2, 0.25) is 11.8 Å². The maximum Gasteiger partial charge on any atom is 0.251 e. The van der Waals surface area contributed by atoms with Gasteiger partial charge in [-0.05, 0) is 71.3 Å². The lowest BCUT2D eigenvalue weighted by molar-refractivity contribution is -0.138. The van der Waals surface area contributed by atoms with E-state index >= 15 is 0 Å². The molecule has 2 bridgehead atoms. The predicted molar refractivity (Wildman–Crippen MR) is 163 cm³/mol. The van der Waals surface area contributed by atoms with E-state index in [1.54, 1.807) is 23.1 Å². The SMILES string of the molecule is CC(=O)c1nn(CC(=O)N2[C@H](C(=O)Nc3nc(Br)ccc3C)C[C@@]3(C)C[C@@H]23)c2c3cc(cc12)C(=O)NCC/C=C\COC3. The van der Waals surface area contributed by atoms with Crippen LogP contribution in [0.4, 0.5) is 5.82 Å². The topological polar surface area (TPSA) is 136 Å². The van der Waals surface area contributed by atoms with Crippen molar-refractivity contribution in [3.63, 3.8) is 0 Å². The highest BCUT2D eigenvalue weighted by atomic mass is 79.9. The fourth-order valence-electron chi connectivity index (χ4n) is 6.22. The van der Waals surface area contributed by atoms with Gasteiger partial charge in [-0.15, -0.1) is 0 Å². The lowest BCUT2D eigenvalue weighted by Gasteiger charge is -2.27. The highest BCUT2D eigenvalue weighted by Crippen LogP contribution is 2.59. The Hall–Kier alpha value is -3.90. The molecule has 12 heteroatoms. The summed E-state index contributed by atoms with van der Waals surface area (Å²) in [6.45, 7) is 6.20. The van der Waals surface area contributed by atoms with Crippen LogP contribution in [0.5, 0.6) is 0 Å². The molecule has 1 saturated heterocycles. The number of fused-ring (bicyclic) bond motifs is 5. The lowest BCUT2D eigenvalue weighted by Crippen LogP contribution is -2.47. The molecule has 0 unspecified atom stereocenters. The van der Waals surface area contributed by atoms with E-state index in [4.69, 9.17) is 4.74 Å². The van der Waals surface area contributed by atoms with Gasteiger partial charge in [-0.3, -0.25) is 23.9 Å². The number of Topliss-reactive ketones (excluding diaryl/α,β-unsaturated/α-hetero) is 1. The van der Waals surface area contributed by atoms with E-state index in [1.807, 2.05) is 25.1 Å². The zero-order valence-electron chi connectivity index (χ0n) is 24.3. The van der Waals surface area contributed by atoms with Crippen molar-refractivity contribution in [3.05, 3.63) is 63.4 Å². The van der Waals surface area contributed by atoms with E-state index in [2.05, 4.69) is 43.6 Å². The summed E-state index contributed by atoms with van der Waals surface area (Å²) < 4.78 is 7.99. The summed E-state index contributed by atoms with van der Waals surface area (Å²) in [5, 5.41) is 10.9. The molecule has 6 rings (SSSR count). The average molecular weight is 650 g/mol. The fourth-order valence-corrected chi connectivity index (χ4v) is 6.52. The Kier molecular flexibility index (Phi) is 7.67. The molecule has 3 atom stereocenters. The van der Waals surface area contributed by atoms with Crippen LogP contribution in [0, 0.1) is 12.3 Å². The molecule has 0 radical (unpaired) electrons. The minimum atomic E-state index is -0.666. The first-order chi connectivity index (χ1) is 20.6. The Morgan fingerprint density at radius 1 is 1.21 bits per heavy atom. The first kappa shape index (κ1) is 29.2. The van der Waals surface area contributed by atoms with Gasteiger partial charge in [0.15, 0.2) is 5.78 Å². The molecule has 1 saturated carbocycles. The summed E-state index contributed by atoms with van der Waals surface area (Å²) in [5.74, 6) is -0.653. The zero-order valence-corrected chi connectivity index (χ0v) is 25.9. The molecule has 1 aliphatic carbocycles. The van der Waals surface area contributed by atoms with Crippen molar-refractivity contribution in [1.82, 2.24) is 25.0 Å². The summed E-state index contributed by atoms with van der Waals surface area (Å²) in [7, 11) is 0. The van der Waals surface area contributed by atoms with Crippen LogP contribution in [0.3, 0.4) is 0 Å². The third-order valence-corrected chi connectivity index (χ3v) is 9.01. The van der Waals surface area contributed by atoms with E-state index in [0.717, 1.165) is 12.0 Å². The van der Waals surface area contributed by atoms with Crippen molar-refractivity contribution in [2.24, 2.45) is 5.41 Å². The van der Waals surface area contributed by atoms with Crippen LogP contribution >= 0.6 is 15.9 Å². The minimum Gasteiger partial charge on any atom is -0.373 e. The maximum absolute atomic E-state index is 14.0. The number of nitrogens with zero attached hydrogens (tertiary/aromatic N) is 4. The standard InChI is InChI=1S/C31H33BrN6O5/c1-17-7-8-24(32)34-28(17)35-30(42)22-13-31(3)14-23(31)38(22)25(40)15-37-27-20-11-19(12-21(27)26(36-37)18(2)39)29(41)33-9-5-4-6-10-43-16-20/h4,6-8,11-12,22-23H,5,9-10,13-16H2,1-3H3,(H,33,41)(H,34,35,42)/b6-4-/t22-,23+,31-/m0/s1. The zero-order chi connectivity index (χ0) is 30.5. The van der Waals surface area contributed by atoms with Gasteiger partial charge in [0, 0.05) is 36.0 Å². The summed E-state index contributed by atoms with van der Waals surface area (Å²) in [6.07, 6.45) is 5.89. The van der Waals surface area contributed by atoms with Gasteiger partial charge < -0.3 is 20.3 Å². The molecule has 2 N–H and O–H groups in total. The third-order valence-electron chi connectivity index (χ3n) is 8.57. The van der Waals surface area contributed by atoms with Gasteiger partial charge in [0.05, 0.1) is 18.7 Å². The summed E-state index contributed by atoms with van der Waals surface area (Å²) in [6, 6.07) is 6.32. The number of ketones is 1. The molecular formula is C31H33BrN6O5. The molecule has 224 valence electrons. The van der Waals surface area contributed by atoms with Gasteiger partial charge in [-0.25, -0.2) is 4.98 Å². The Labute approximate surface area is 257 Å². The number of pyridine rings is 1. The molecule has 3 aromatic rings. The summed E-state index contributed by atoms with van der Waals surface area (Å²) >= 11 is 3.35. The Morgan fingerprint density at radius 2 is 2.02 bits per heavy atom. The number of carbonyl (C=O) groups excluding carboxylic acids is 4. The second kappa shape index (κ2) is 11.3. The highest BCUT2D eigenvalue weighted by molar-refractivity contribution is 9.10. The highest BCUT2D eigenvalue weighted by Gasteiger charge is 2.64. The van der Waals surface area contributed by atoms with Crippen LogP contribution in [0.15, 0.2) is 41.0 Å². The van der Waals surface area contributed by atoms with E-state index in [0.29, 0.717) is 58.4 Å². The number of hydrogen-bond acceptors (Lipinski definition) is 7. The normalized spacial score (nSPS) is 24.0. The molecule has 11 nitrogen and oxygen atoms in total. The first-order valence-corrected chi connectivity index (χ1v) is 15.2. The van der Waals surface area contributed by atoms with Crippen LogP contribution in [0.2, 0.25) is 0 Å². The van der Waals surface area contributed by atoms with E-state index in [9.17, 15) is 19.2 Å². The number of aromatic nitrogens is 3. The average Bonchev–Trinajstić information content (AvgIpc) is 3.31. The minimum absolute atomic E-state index is 0.0585. The van der Waals surface area contributed by atoms with Crippen LogP contribution in [-0.4, -0.2) is 68.4 Å². The first-order valence-electron chi connectivity index (χ1n) is 14.4. The number of amides is 3. The van der Waals surface area contributed by atoms with Crippen molar-refractivity contribution in [1.29, 1.82) is 0 Å². The molecule has 3 aliphatic rings. The van der Waals surface area contributed by atoms with E-state index < -0.39 is 6.04 Å². The molecule has 43 heavy (non-hydrogen) atoms. The monoisotopic (exact) mass is 648 g/mol. The van der Waals surface area contributed by atoms with Crippen LogP contribution in [0.1, 0.15) is 65.1 Å². The molecular weight excluding hydrogens is 616 g/mol. The third kappa shape index (κ3) is 5.61. The number of carbonyl (C=O) groups is 4. The van der Waals surface area contributed by atoms with Gasteiger partial charge in [0.1, 0.15) is 28.7 Å². The molecule has 3 amide bonds. The smallest absolute Gasteiger partial charge is 0.251 e. The second-order valence-electron chi connectivity index (χ2n) is 11.8. The van der Waals surface area contributed by atoms with Crippen LogP contribution < -0.4 is 10.6 Å². The molecule has 1 aromatic carbocycles. The molecule has 2 aromatic heterocycles. The van der Waals surface area contributed by atoms with Gasteiger partial charge in [-0.1, -0.05) is 25.1 Å². The van der Waals surface area contributed by atoms with Crippen molar-refractivity contribution in [2.45, 2.75) is 65.3 Å². The Bertz CT molecular complexity index is 1700. The number of piperidine rings is 1. The number of anilines is 1. The number of halogens is 1. The van der Waals surface area contributed by atoms with Crippen LogP contribution in [0.25, 0.3) is 10.9 Å². The van der Waals surface area contributed by atoms with E-state index in [1.165, 1.54) is 11.6 Å². The van der Waals surface area contributed by atoms with E-state index in [-0.39, 0.29) is 53.8 Å². The predicted octanol–water partition coefficient (Wildman–Crippen LogP) is 3.93. The van der Waals surface area contributed by atoms with Gasteiger partial charge >= 0.3 is 0 Å². The number of nitrogens with one attached hydrogen (secondary N) is 2. The second-order valence-corrected chi connectivity index (χ2v) is 12.6. The van der Waals surface area contributed by atoms with Crippen molar-refractivity contribution < 1.29 is 23.9 Å². The number of aryl methyl sites for hydroxylation is 1. The van der Waals surface area contributed by atoms with Crippen LogP contribution in [-0.2, 0) is 27.5 Å². The van der Waals surface area contributed by atoms with Crippen molar-refractivity contribution in [3.8, 4) is 0 Å². The summed E-state index contributed by atoms with van der Waals surface area (Å²) in [5.41, 5.74) is 2.46. The van der Waals surface area contributed by atoms with Gasteiger partial charge in [-0.2, -0.15) is 5.10 Å². The van der Waals surface area contributed by atoms with Crippen molar-refractivity contribution >= 4 is 56.2 Å². The molecule has 0 spiro atoms. The van der Waals surface area contributed by atoms with Gasteiger partial charge in [0.25, 0.3) is 5.91 Å². The largest absolute Gasteiger partial charge is 0.373 e. The molecule has 2 fully saturated rings. The molecule has 2 aliphatic heterocycles. The number of hydrogen-bond donors (Lipinski definition) is 2.